The molecule has 1 N–H and O–H groups in total. The summed E-state index contributed by atoms with van der Waals surface area (Å²) in [5.74, 6) is 2.73. The summed E-state index contributed by atoms with van der Waals surface area (Å²) in [7, 11) is 0. The van der Waals surface area contributed by atoms with Crippen LogP contribution in [0, 0.1) is 0 Å². The maximum absolute atomic E-state index is 8.65. The normalized spacial score (nSPS) is 11.0. The minimum atomic E-state index is 0.369. The summed E-state index contributed by atoms with van der Waals surface area (Å²) in [6, 6.07) is 0. The van der Waals surface area contributed by atoms with Crippen molar-refractivity contribution in [1.82, 2.24) is 0 Å². The van der Waals surface area contributed by atoms with Gasteiger partial charge in [-0.3, -0.25) is 0 Å². The third-order valence-electron chi connectivity index (χ3n) is 3.34. The number of aliphatic hydroxyl groups excluding tert-OH is 1. The molecule has 0 rings (SSSR count). The zero-order valence-electron chi connectivity index (χ0n) is 12.5. The molecule has 0 atom stereocenters. The molecular formula is C16H34OS. The van der Waals surface area contributed by atoms with Crippen LogP contribution < -0.4 is 0 Å². The molecule has 0 aliphatic carbocycles. The second-order valence-electron chi connectivity index (χ2n) is 5.23. The van der Waals surface area contributed by atoms with Crippen molar-refractivity contribution in [3.63, 3.8) is 0 Å². The van der Waals surface area contributed by atoms with Gasteiger partial charge in [-0.15, -0.1) is 0 Å². The average Bonchev–Trinajstić information content (AvgIpc) is 2.39. The predicted molar refractivity (Wildman–Crippen MR) is 85.5 cm³/mol. The van der Waals surface area contributed by atoms with E-state index in [2.05, 4.69) is 18.7 Å². The Morgan fingerprint density at radius 3 is 1.56 bits per heavy atom. The summed E-state index contributed by atoms with van der Waals surface area (Å²) in [6.45, 7) is 2.65. The molecule has 0 saturated heterocycles. The Bertz CT molecular complexity index is 123. The second-order valence-corrected chi connectivity index (χ2v) is 6.45. The highest BCUT2D eigenvalue weighted by atomic mass is 32.2. The van der Waals surface area contributed by atoms with Crippen LogP contribution in [0.3, 0.4) is 0 Å². The minimum absolute atomic E-state index is 0.369. The number of aliphatic hydroxyl groups is 1. The van der Waals surface area contributed by atoms with E-state index < -0.39 is 0 Å². The van der Waals surface area contributed by atoms with E-state index in [1.165, 1.54) is 82.1 Å². The smallest absolute Gasteiger partial charge is 0.0431 e. The molecule has 0 aromatic carbocycles. The summed E-state index contributed by atoms with van der Waals surface area (Å²) in [4.78, 5) is 0. The lowest BCUT2D eigenvalue weighted by Gasteiger charge is -2.03. The van der Waals surface area contributed by atoms with Gasteiger partial charge in [0.15, 0.2) is 0 Å². The molecule has 0 aromatic rings. The molecule has 18 heavy (non-hydrogen) atoms. The lowest BCUT2D eigenvalue weighted by atomic mass is 10.1. The van der Waals surface area contributed by atoms with Crippen molar-refractivity contribution in [1.29, 1.82) is 0 Å². The van der Waals surface area contributed by atoms with E-state index in [0.717, 1.165) is 6.42 Å². The van der Waals surface area contributed by atoms with Crippen LogP contribution in [0.25, 0.3) is 0 Å². The van der Waals surface area contributed by atoms with Gasteiger partial charge < -0.3 is 5.11 Å². The Morgan fingerprint density at radius 2 is 1.06 bits per heavy atom. The van der Waals surface area contributed by atoms with Crippen molar-refractivity contribution in [3.8, 4) is 0 Å². The molecule has 0 spiro atoms. The highest BCUT2D eigenvalue weighted by molar-refractivity contribution is 7.99. The van der Waals surface area contributed by atoms with Gasteiger partial charge in [-0.1, -0.05) is 64.7 Å². The van der Waals surface area contributed by atoms with Gasteiger partial charge in [0.25, 0.3) is 0 Å². The first kappa shape index (κ1) is 18.3. The number of hydrogen-bond donors (Lipinski definition) is 1. The fraction of sp³-hybridized carbons (Fsp3) is 1.00. The Morgan fingerprint density at radius 1 is 0.611 bits per heavy atom. The Labute approximate surface area is 119 Å². The molecule has 0 saturated carbocycles. The molecule has 0 fully saturated rings. The molecule has 110 valence electrons. The molecule has 1 nitrogen and oxygen atoms in total. The molecule has 0 amide bonds. The van der Waals surface area contributed by atoms with Crippen LogP contribution in [0.15, 0.2) is 0 Å². The molecular weight excluding hydrogens is 240 g/mol. The lowest BCUT2D eigenvalue weighted by molar-refractivity contribution is 0.282. The zero-order valence-corrected chi connectivity index (χ0v) is 13.3. The van der Waals surface area contributed by atoms with Crippen molar-refractivity contribution in [2.45, 2.75) is 84.0 Å². The van der Waals surface area contributed by atoms with Crippen LogP contribution in [-0.2, 0) is 0 Å². The second kappa shape index (κ2) is 17.3. The zero-order chi connectivity index (χ0) is 13.3. The van der Waals surface area contributed by atoms with Crippen LogP contribution >= 0.6 is 11.8 Å². The number of thioether (sulfide) groups is 1. The average molecular weight is 275 g/mol. The maximum atomic E-state index is 8.65. The van der Waals surface area contributed by atoms with Crippen LogP contribution in [-0.4, -0.2) is 23.2 Å². The highest BCUT2D eigenvalue weighted by Gasteiger charge is 1.93. The summed E-state index contributed by atoms with van der Waals surface area (Å²) in [6.07, 6.45) is 16.2. The maximum Gasteiger partial charge on any atom is 0.0431 e. The van der Waals surface area contributed by atoms with E-state index in [1.54, 1.807) is 0 Å². The van der Waals surface area contributed by atoms with Crippen molar-refractivity contribution in [2.75, 3.05) is 18.1 Å². The first-order chi connectivity index (χ1) is 8.91. The SMILES string of the molecule is CCCCCCCCSCCCCCCCCO. The van der Waals surface area contributed by atoms with E-state index >= 15 is 0 Å². The highest BCUT2D eigenvalue weighted by Crippen LogP contribution is 2.13. The van der Waals surface area contributed by atoms with E-state index in [1.807, 2.05) is 0 Å². The standard InChI is InChI=1S/C16H34OS/c1-2-3-4-5-9-12-15-18-16-13-10-7-6-8-11-14-17/h17H,2-16H2,1H3. The minimum Gasteiger partial charge on any atom is -0.396 e. The molecule has 0 radical (unpaired) electrons. The quantitative estimate of drug-likeness (QED) is 0.403. The third kappa shape index (κ3) is 16.3. The largest absolute Gasteiger partial charge is 0.396 e. The van der Waals surface area contributed by atoms with Crippen molar-refractivity contribution in [2.24, 2.45) is 0 Å². The Balaban J connectivity index is 2.86. The Hall–Kier alpha value is 0.310. The fourth-order valence-electron chi connectivity index (χ4n) is 2.11. The topological polar surface area (TPSA) is 20.2 Å². The van der Waals surface area contributed by atoms with Crippen molar-refractivity contribution >= 4 is 11.8 Å². The molecule has 0 aromatic heterocycles. The van der Waals surface area contributed by atoms with Gasteiger partial charge in [-0.2, -0.15) is 11.8 Å². The number of rotatable bonds is 15. The molecule has 0 aliphatic rings. The van der Waals surface area contributed by atoms with Crippen molar-refractivity contribution in [3.05, 3.63) is 0 Å². The summed E-state index contributed by atoms with van der Waals surface area (Å²) in [5, 5.41) is 8.65. The van der Waals surface area contributed by atoms with Crippen molar-refractivity contribution < 1.29 is 5.11 Å². The van der Waals surface area contributed by atoms with E-state index in [4.69, 9.17) is 5.11 Å². The van der Waals surface area contributed by atoms with E-state index in [-0.39, 0.29) is 0 Å². The molecule has 2 heteroatoms. The van der Waals surface area contributed by atoms with Gasteiger partial charge in [0.2, 0.25) is 0 Å². The van der Waals surface area contributed by atoms with Crippen LogP contribution in [0.2, 0.25) is 0 Å². The molecule has 0 bridgehead atoms. The fourth-order valence-corrected chi connectivity index (χ4v) is 3.13. The van der Waals surface area contributed by atoms with E-state index in [0.29, 0.717) is 6.61 Å². The number of hydrogen-bond acceptors (Lipinski definition) is 2. The van der Waals surface area contributed by atoms with Gasteiger partial charge in [-0.05, 0) is 30.8 Å². The summed E-state index contributed by atoms with van der Waals surface area (Å²) >= 11 is 2.15. The summed E-state index contributed by atoms with van der Waals surface area (Å²) < 4.78 is 0. The van der Waals surface area contributed by atoms with Gasteiger partial charge in [0.05, 0.1) is 0 Å². The van der Waals surface area contributed by atoms with Gasteiger partial charge in [0.1, 0.15) is 0 Å². The molecule has 0 heterocycles. The van der Waals surface area contributed by atoms with Gasteiger partial charge in [-0.25, -0.2) is 0 Å². The van der Waals surface area contributed by atoms with Crippen LogP contribution in [0.1, 0.15) is 84.0 Å². The van der Waals surface area contributed by atoms with Crippen LogP contribution in [0.5, 0.6) is 0 Å². The van der Waals surface area contributed by atoms with Crippen LogP contribution in [0.4, 0.5) is 0 Å². The van der Waals surface area contributed by atoms with Gasteiger partial charge in [0, 0.05) is 6.61 Å². The predicted octanol–water partition coefficient (Wildman–Crippen LogP) is 5.41. The Kier molecular flexibility index (Phi) is 17.6. The first-order valence-corrected chi connectivity index (χ1v) is 9.26. The first-order valence-electron chi connectivity index (χ1n) is 8.10. The number of unbranched alkanes of at least 4 members (excludes halogenated alkanes) is 10. The third-order valence-corrected chi connectivity index (χ3v) is 4.49. The summed E-state index contributed by atoms with van der Waals surface area (Å²) in [5.41, 5.74) is 0. The van der Waals surface area contributed by atoms with Gasteiger partial charge >= 0.3 is 0 Å². The monoisotopic (exact) mass is 274 g/mol. The molecule has 0 unspecified atom stereocenters. The lowest BCUT2D eigenvalue weighted by Crippen LogP contribution is -1.87. The van der Waals surface area contributed by atoms with E-state index in [9.17, 15) is 0 Å². The molecule has 0 aliphatic heterocycles.